The summed E-state index contributed by atoms with van der Waals surface area (Å²) in [6.45, 7) is 3.49. The minimum absolute atomic E-state index is 0.0759. The van der Waals surface area contributed by atoms with E-state index in [1.165, 1.54) is 38.4 Å². The zero-order valence-corrected chi connectivity index (χ0v) is 21.4. The maximum atomic E-state index is 15.2. The van der Waals surface area contributed by atoms with Gasteiger partial charge in [-0.3, -0.25) is 4.99 Å². The van der Waals surface area contributed by atoms with Crippen LogP contribution in [0.5, 0.6) is 0 Å². The van der Waals surface area contributed by atoms with Crippen LogP contribution in [0.4, 0.5) is 17.6 Å². The van der Waals surface area contributed by atoms with Crippen molar-refractivity contribution < 1.29 is 35.8 Å². The Morgan fingerprint density at radius 1 is 1.21 bits per heavy atom. The summed E-state index contributed by atoms with van der Waals surface area (Å²) in [5, 5.41) is 4.14. The first-order chi connectivity index (χ1) is 17.5. The molecule has 0 radical (unpaired) electrons. The van der Waals surface area contributed by atoms with E-state index in [4.69, 9.17) is 26.6 Å². The standard InChI is InChI=1S/C22H19ClF4N6O4S/c1-20(2)17(28)32-21(3,19(38(20,29)35)36-18(34)22(25,26)27)12-6-10(4-5-13(12)24)15-7-14(33-37-15)16-30-8-11(23)9-31-16/h4-9,19,29H,1-3H3,(H2,28,32)/t19?,21-,38+/m1/s1. The number of nitrogens with one attached hydrogen (secondary N) is 1. The number of nitrogens with two attached hydrogens (primary N) is 1. The number of benzene rings is 1. The Labute approximate surface area is 218 Å². The van der Waals surface area contributed by atoms with Gasteiger partial charge in [0.05, 0.1) is 14.8 Å². The van der Waals surface area contributed by atoms with Gasteiger partial charge in [-0.05, 0) is 39.0 Å². The SMILES string of the molecule is CC1(C)C(N)=N[C@](C)(c2cc(-c3cc(-c4ncc(Cl)cn4)no3)ccc2F)C(OC(=O)C(F)(F)F)[S@]1(=N)=O. The molecular formula is C22H19ClF4N6O4S. The topological polar surface area (TPSA) is 157 Å². The Hall–Kier alpha value is -3.59. The number of rotatable bonds is 4. The minimum Gasteiger partial charge on any atom is -0.438 e. The number of hydrogen-bond acceptors (Lipinski definition) is 10. The fourth-order valence-electron chi connectivity index (χ4n) is 3.74. The van der Waals surface area contributed by atoms with Gasteiger partial charge in [0, 0.05) is 29.6 Å². The predicted molar refractivity (Wildman–Crippen MR) is 128 cm³/mol. The summed E-state index contributed by atoms with van der Waals surface area (Å²) in [6, 6.07) is 4.79. The molecule has 202 valence electrons. The normalized spacial score (nSPS) is 25.1. The molecule has 2 aromatic heterocycles. The minimum atomic E-state index is -5.48. The molecule has 0 fully saturated rings. The molecule has 1 unspecified atom stereocenters. The number of aliphatic imine (C=N–C) groups is 1. The van der Waals surface area contributed by atoms with Crippen molar-refractivity contribution in [2.24, 2.45) is 10.7 Å². The highest BCUT2D eigenvalue weighted by molar-refractivity contribution is 7.95. The monoisotopic (exact) mass is 574 g/mol. The highest BCUT2D eigenvalue weighted by Crippen LogP contribution is 2.45. The van der Waals surface area contributed by atoms with Gasteiger partial charge in [0.1, 0.15) is 21.9 Å². The zero-order valence-electron chi connectivity index (χ0n) is 19.8. The molecule has 0 saturated carbocycles. The van der Waals surface area contributed by atoms with E-state index in [1.807, 2.05) is 0 Å². The van der Waals surface area contributed by atoms with Gasteiger partial charge in [-0.2, -0.15) is 13.2 Å². The third-order valence-electron chi connectivity index (χ3n) is 6.09. The molecule has 0 aliphatic carbocycles. The Morgan fingerprint density at radius 2 is 1.84 bits per heavy atom. The Bertz CT molecular complexity index is 1560. The lowest BCUT2D eigenvalue weighted by Crippen LogP contribution is -2.61. The van der Waals surface area contributed by atoms with Gasteiger partial charge >= 0.3 is 12.1 Å². The number of amidine groups is 1. The zero-order chi connectivity index (χ0) is 28.3. The second-order valence-electron chi connectivity index (χ2n) is 8.99. The van der Waals surface area contributed by atoms with Gasteiger partial charge in [-0.25, -0.2) is 28.1 Å². The summed E-state index contributed by atoms with van der Waals surface area (Å²) in [5.41, 5.74) is 1.24. The average molecular weight is 575 g/mol. The molecule has 1 aromatic carbocycles. The number of alkyl halides is 3. The maximum Gasteiger partial charge on any atom is 0.490 e. The Morgan fingerprint density at radius 3 is 2.45 bits per heavy atom. The molecule has 16 heteroatoms. The molecule has 3 heterocycles. The molecule has 0 spiro atoms. The largest absolute Gasteiger partial charge is 0.490 e. The van der Waals surface area contributed by atoms with Gasteiger partial charge < -0.3 is 15.0 Å². The van der Waals surface area contributed by atoms with E-state index >= 15 is 4.39 Å². The van der Waals surface area contributed by atoms with E-state index in [0.29, 0.717) is 0 Å². The van der Waals surface area contributed by atoms with Crippen LogP contribution >= 0.6 is 11.6 Å². The third kappa shape index (κ3) is 4.49. The number of nitrogens with zero attached hydrogens (tertiary/aromatic N) is 4. The van der Waals surface area contributed by atoms with Crippen molar-refractivity contribution in [1.82, 2.24) is 15.1 Å². The van der Waals surface area contributed by atoms with Crippen LogP contribution in [0.2, 0.25) is 5.02 Å². The molecule has 4 rings (SSSR count). The van der Waals surface area contributed by atoms with Crippen molar-refractivity contribution in [2.75, 3.05) is 0 Å². The van der Waals surface area contributed by atoms with Crippen molar-refractivity contribution in [3.05, 3.63) is 53.1 Å². The van der Waals surface area contributed by atoms with Crippen LogP contribution in [0.25, 0.3) is 22.8 Å². The maximum absolute atomic E-state index is 15.2. The lowest BCUT2D eigenvalue weighted by Gasteiger charge is -2.45. The second kappa shape index (κ2) is 9.01. The van der Waals surface area contributed by atoms with Gasteiger partial charge in [-0.1, -0.05) is 16.8 Å². The summed E-state index contributed by atoms with van der Waals surface area (Å²) < 4.78 is 84.7. The lowest BCUT2D eigenvalue weighted by atomic mass is 9.90. The molecule has 3 N–H and O–H groups in total. The van der Waals surface area contributed by atoms with Crippen LogP contribution in [-0.4, -0.2) is 47.5 Å². The molecule has 38 heavy (non-hydrogen) atoms. The van der Waals surface area contributed by atoms with E-state index in [1.54, 1.807) is 0 Å². The van der Waals surface area contributed by atoms with E-state index in [-0.39, 0.29) is 27.9 Å². The van der Waals surface area contributed by atoms with Crippen LogP contribution in [0, 0.1) is 10.6 Å². The summed E-state index contributed by atoms with van der Waals surface area (Å²) in [4.78, 5) is 24.0. The smallest absolute Gasteiger partial charge is 0.438 e. The highest BCUT2D eigenvalue weighted by atomic mass is 35.5. The number of carbonyl (C=O) groups excluding carboxylic acids is 1. The summed E-state index contributed by atoms with van der Waals surface area (Å²) in [6.07, 6.45) is -2.81. The number of carbonyl (C=O) groups is 1. The molecule has 0 amide bonds. The van der Waals surface area contributed by atoms with Crippen LogP contribution in [0.15, 0.2) is 46.2 Å². The van der Waals surface area contributed by atoms with E-state index < -0.39 is 54.8 Å². The highest BCUT2D eigenvalue weighted by Gasteiger charge is 2.59. The Kier molecular flexibility index (Phi) is 6.51. The molecule has 10 nitrogen and oxygen atoms in total. The molecule has 1 aliphatic rings. The van der Waals surface area contributed by atoms with Crippen LogP contribution in [-0.2, 0) is 24.8 Å². The molecular weight excluding hydrogens is 556 g/mol. The molecule has 3 atom stereocenters. The Balaban J connectivity index is 1.86. The first-order valence-electron chi connectivity index (χ1n) is 10.6. The van der Waals surface area contributed by atoms with Crippen LogP contribution in [0.3, 0.4) is 0 Å². The van der Waals surface area contributed by atoms with E-state index in [9.17, 15) is 22.2 Å². The predicted octanol–water partition coefficient (Wildman–Crippen LogP) is 4.43. The fraction of sp³-hybridized carbons (Fsp3) is 0.318. The third-order valence-corrected chi connectivity index (χ3v) is 9.17. The molecule has 0 bridgehead atoms. The quantitative estimate of drug-likeness (QED) is 0.342. The first kappa shape index (κ1) is 27.4. The van der Waals surface area contributed by atoms with E-state index in [0.717, 1.165) is 19.1 Å². The molecule has 3 aromatic rings. The number of halogens is 5. The first-order valence-corrected chi connectivity index (χ1v) is 12.6. The number of aromatic nitrogens is 3. The molecule has 0 saturated heterocycles. The lowest BCUT2D eigenvalue weighted by molar-refractivity contribution is -0.203. The van der Waals surface area contributed by atoms with Crippen molar-refractivity contribution in [1.29, 1.82) is 4.78 Å². The summed E-state index contributed by atoms with van der Waals surface area (Å²) >= 11 is 5.78. The number of hydrogen-bond donors (Lipinski definition) is 2. The number of ether oxygens (including phenoxy) is 1. The van der Waals surface area contributed by atoms with Crippen molar-refractivity contribution in [3.8, 4) is 22.8 Å². The van der Waals surface area contributed by atoms with Gasteiger partial charge in [-0.15, -0.1) is 0 Å². The molecule has 1 aliphatic heterocycles. The van der Waals surface area contributed by atoms with Gasteiger partial charge in [0.2, 0.25) is 5.44 Å². The summed E-state index contributed by atoms with van der Waals surface area (Å²) in [7, 11) is -4.32. The number of esters is 1. The van der Waals surface area contributed by atoms with E-state index in [2.05, 4.69) is 24.9 Å². The van der Waals surface area contributed by atoms with Crippen LogP contribution in [0.1, 0.15) is 26.3 Å². The fourth-order valence-corrected chi connectivity index (χ4v) is 5.78. The average Bonchev–Trinajstić information content (AvgIpc) is 3.31. The second-order valence-corrected chi connectivity index (χ2v) is 12.1. The van der Waals surface area contributed by atoms with Crippen molar-refractivity contribution in [3.63, 3.8) is 0 Å². The van der Waals surface area contributed by atoms with Crippen molar-refractivity contribution in [2.45, 2.75) is 42.7 Å². The van der Waals surface area contributed by atoms with Crippen molar-refractivity contribution >= 4 is 33.1 Å². The van der Waals surface area contributed by atoms with Gasteiger partial charge in [0.25, 0.3) is 0 Å². The van der Waals surface area contributed by atoms with Gasteiger partial charge in [0.15, 0.2) is 17.3 Å². The van der Waals surface area contributed by atoms with Crippen LogP contribution < -0.4 is 5.73 Å². The summed E-state index contributed by atoms with van der Waals surface area (Å²) in [5.74, 6) is -3.87.